The van der Waals surface area contributed by atoms with Crippen LogP contribution < -0.4 is 43.1 Å². The zero-order chi connectivity index (χ0) is 22.7. The third kappa shape index (κ3) is 4.86. The van der Waals surface area contributed by atoms with E-state index in [9.17, 15) is 9.59 Å². The fourth-order valence-corrected chi connectivity index (χ4v) is 3.39. The monoisotopic (exact) mass is 527 g/mol. The molecular formula is C19H23BrClN7O4. The summed E-state index contributed by atoms with van der Waals surface area (Å²) < 4.78 is 13.9. The molecule has 3 rings (SSSR count). The SMILES string of the molecule is CCn1c(CNC(=O)c2nc(Cl)c(N)nc2N)[n+](CC(=O)OC)c2ccc(OC)cc21.[Br-]. The minimum Gasteiger partial charge on any atom is -1.00 e. The van der Waals surface area contributed by atoms with Crippen LogP contribution in [-0.2, 0) is 29.2 Å². The standard InChI is InChI=1S/C19H22ClN7O4.BrH/c1-4-26-12-7-10(30-2)5-6-11(12)27(9-14(28)31-3)13(26)8-23-19(29)15-17(21)25-18(22)16(20)24-15;/h5-7H,4,8-9H2,1-3H3,(H4-,21,22,23,25,29);1H. The van der Waals surface area contributed by atoms with Crippen molar-refractivity contribution in [2.24, 2.45) is 0 Å². The molecule has 3 aromatic rings. The number of halogens is 2. The second-order valence-electron chi connectivity index (χ2n) is 6.49. The number of carbonyl (C=O) groups is 2. The van der Waals surface area contributed by atoms with Gasteiger partial charge in [-0.1, -0.05) is 11.6 Å². The molecule has 1 amide bonds. The highest BCUT2D eigenvalue weighted by Gasteiger charge is 2.27. The molecule has 172 valence electrons. The van der Waals surface area contributed by atoms with Crippen LogP contribution in [-0.4, -0.2) is 40.6 Å². The van der Waals surface area contributed by atoms with E-state index in [1.165, 1.54) is 7.11 Å². The molecule has 0 saturated carbocycles. The van der Waals surface area contributed by atoms with Crippen molar-refractivity contribution in [2.75, 3.05) is 25.7 Å². The van der Waals surface area contributed by atoms with Crippen molar-refractivity contribution in [3.63, 3.8) is 0 Å². The topological polar surface area (TPSA) is 151 Å². The predicted octanol–water partition coefficient (Wildman–Crippen LogP) is -2.33. The van der Waals surface area contributed by atoms with Crippen molar-refractivity contribution in [2.45, 2.75) is 26.6 Å². The molecule has 0 atom stereocenters. The summed E-state index contributed by atoms with van der Waals surface area (Å²) in [4.78, 5) is 32.5. The van der Waals surface area contributed by atoms with Gasteiger partial charge in [0.25, 0.3) is 11.7 Å². The second kappa shape index (κ2) is 10.5. The summed E-state index contributed by atoms with van der Waals surface area (Å²) in [6, 6.07) is 5.50. The lowest BCUT2D eigenvalue weighted by Gasteiger charge is -2.08. The fourth-order valence-electron chi connectivity index (χ4n) is 3.26. The van der Waals surface area contributed by atoms with Crippen LogP contribution in [0.4, 0.5) is 11.6 Å². The molecule has 1 aromatic carbocycles. The molecule has 13 heteroatoms. The number of nitrogens with one attached hydrogen (secondary N) is 1. The van der Waals surface area contributed by atoms with Gasteiger partial charge in [-0.3, -0.25) is 4.79 Å². The van der Waals surface area contributed by atoms with Gasteiger partial charge in [0.1, 0.15) is 12.3 Å². The number of methoxy groups -OCH3 is 2. The molecule has 0 unspecified atom stereocenters. The number of carbonyl (C=O) groups excluding carboxylic acids is 2. The number of nitrogens with two attached hydrogens (primary N) is 2. The molecule has 0 radical (unpaired) electrons. The van der Waals surface area contributed by atoms with Crippen LogP contribution >= 0.6 is 11.6 Å². The average Bonchev–Trinajstić information content (AvgIpc) is 3.05. The Bertz CT molecular complexity index is 1170. The lowest BCUT2D eigenvalue weighted by Crippen LogP contribution is -3.00. The van der Waals surface area contributed by atoms with Gasteiger partial charge >= 0.3 is 5.97 Å². The Kier molecular flexibility index (Phi) is 8.22. The third-order valence-electron chi connectivity index (χ3n) is 4.75. The number of anilines is 2. The Morgan fingerprint density at radius 1 is 1.22 bits per heavy atom. The summed E-state index contributed by atoms with van der Waals surface area (Å²) in [7, 11) is 2.89. The summed E-state index contributed by atoms with van der Waals surface area (Å²) in [6.45, 7) is 2.57. The smallest absolute Gasteiger partial charge is 0.348 e. The molecule has 5 N–H and O–H groups in total. The maximum atomic E-state index is 12.7. The van der Waals surface area contributed by atoms with Gasteiger partial charge in [0.05, 0.1) is 20.8 Å². The van der Waals surface area contributed by atoms with Crippen LogP contribution in [0, 0.1) is 0 Å². The highest BCUT2D eigenvalue weighted by atomic mass is 79.9. The van der Waals surface area contributed by atoms with E-state index in [1.54, 1.807) is 17.7 Å². The zero-order valence-corrected chi connectivity index (χ0v) is 20.0. The summed E-state index contributed by atoms with van der Waals surface area (Å²) in [6.07, 6.45) is 0. The predicted molar refractivity (Wildman–Crippen MR) is 113 cm³/mol. The summed E-state index contributed by atoms with van der Waals surface area (Å²) in [5, 5.41) is 2.64. The number of ether oxygens (including phenoxy) is 2. The minimum atomic E-state index is -0.581. The molecule has 2 heterocycles. The molecule has 0 fully saturated rings. The Morgan fingerprint density at radius 3 is 2.56 bits per heavy atom. The molecule has 0 aliphatic rings. The maximum Gasteiger partial charge on any atom is 0.348 e. The molecule has 0 aliphatic carbocycles. The number of rotatable bonds is 7. The Balaban J connectivity index is 0.00000363. The second-order valence-corrected chi connectivity index (χ2v) is 6.85. The molecule has 0 spiro atoms. The van der Waals surface area contributed by atoms with Crippen LogP contribution in [0.3, 0.4) is 0 Å². The Hall–Kier alpha value is -3.12. The number of hydrogen-bond donors (Lipinski definition) is 3. The number of benzene rings is 1. The fraction of sp³-hybridized carbons (Fsp3) is 0.316. The first-order chi connectivity index (χ1) is 14.8. The first kappa shape index (κ1) is 25.1. The van der Waals surface area contributed by atoms with E-state index >= 15 is 0 Å². The molecule has 11 nitrogen and oxygen atoms in total. The number of amides is 1. The largest absolute Gasteiger partial charge is 1.00 e. The van der Waals surface area contributed by atoms with Crippen LogP contribution in [0.25, 0.3) is 11.0 Å². The lowest BCUT2D eigenvalue weighted by atomic mass is 10.3. The van der Waals surface area contributed by atoms with E-state index < -0.39 is 11.9 Å². The summed E-state index contributed by atoms with van der Waals surface area (Å²) >= 11 is 5.87. The molecule has 0 saturated heterocycles. The van der Waals surface area contributed by atoms with Gasteiger partial charge in [-0.2, -0.15) is 0 Å². The first-order valence-electron chi connectivity index (χ1n) is 9.33. The number of aryl methyl sites for hydroxylation is 1. The molecule has 2 aromatic heterocycles. The number of imidazole rings is 1. The Morgan fingerprint density at radius 2 is 1.94 bits per heavy atom. The highest BCUT2D eigenvalue weighted by Crippen LogP contribution is 2.22. The van der Waals surface area contributed by atoms with E-state index in [4.69, 9.17) is 32.5 Å². The van der Waals surface area contributed by atoms with E-state index in [1.807, 2.05) is 23.6 Å². The highest BCUT2D eigenvalue weighted by molar-refractivity contribution is 6.31. The van der Waals surface area contributed by atoms with Crippen LogP contribution in [0.2, 0.25) is 5.15 Å². The van der Waals surface area contributed by atoms with Gasteiger partial charge in [-0.15, -0.1) is 0 Å². The van der Waals surface area contributed by atoms with Crippen molar-refractivity contribution in [3.8, 4) is 5.75 Å². The average molecular weight is 529 g/mol. The number of fused-ring (bicyclic) bond motifs is 1. The van der Waals surface area contributed by atoms with Crippen LogP contribution in [0.5, 0.6) is 5.75 Å². The van der Waals surface area contributed by atoms with Gasteiger partial charge in [0, 0.05) is 6.07 Å². The molecular weight excluding hydrogens is 506 g/mol. The van der Waals surface area contributed by atoms with Crippen molar-refractivity contribution >= 4 is 46.1 Å². The number of aromatic nitrogens is 4. The van der Waals surface area contributed by atoms with Crippen LogP contribution in [0.1, 0.15) is 23.2 Å². The number of nitrogen functional groups attached to an aromatic ring is 2. The van der Waals surface area contributed by atoms with Gasteiger partial charge in [0.15, 0.2) is 40.1 Å². The Labute approximate surface area is 199 Å². The summed E-state index contributed by atoms with van der Waals surface area (Å²) in [5.74, 6) is 0.123. The minimum absolute atomic E-state index is 0. The number of nitrogens with zero attached hydrogens (tertiary/aromatic N) is 4. The number of hydrogen-bond acceptors (Lipinski definition) is 8. The van der Waals surface area contributed by atoms with Gasteiger partial charge in [-0.05, 0) is 19.1 Å². The van der Waals surface area contributed by atoms with Gasteiger partial charge < -0.3 is 43.2 Å². The first-order valence-corrected chi connectivity index (χ1v) is 9.70. The quantitative estimate of drug-likeness (QED) is 0.228. The molecule has 0 bridgehead atoms. The van der Waals surface area contributed by atoms with Crippen molar-refractivity contribution < 1.29 is 40.6 Å². The van der Waals surface area contributed by atoms with Crippen molar-refractivity contribution in [3.05, 3.63) is 34.9 Å². The van der Waals surface area contributed by atoms with E-state index in [0.29, 0.717) is 18.1 Å². The van der Waals surface area contributed by atoms with Crippen molar-refractivity contribution in [1.82, 2.24) is 19.9 Å². The maximum absolute atomic E-state index is 12.7. The van der Waals surface area contributed by atoms with E-state index in [2.05, 4.69) is 15.3 Å². The zero-order valence-electron chi connectivity index (χ0n) is 17.7. The third-order valence-corrected chi connectivity index (χ3v) is 5.02. The van der Waals surface area contributed by atoms with Crippen molar-refractivity contribution in [1.29, 1.82) is 0 Å². The normalized spacial score (nSPS) is 10.5. The summed E-state index contributed by atoms with van der Waals surface area (Å²) in [5.41, 5.74) is 12.8. The van der Waals surface area contributed by atoms with Crippen LogP contribution in [0.15, 0.2) is 18.2 Å². The molecule has 0 aliphatic heterocycles. The van der Waals surface area contributed by atoms with E-state index in [-0.39, 0.29) is 52.6 Å². The van der Waals surface area contributed by atoms with Gasteiger partial charge in [-0.25, -0.2) is 23.9 Å². The lowest BCUT2D eigenvalue weighted by molar-refractivity contribution is -0.669. The number of esters is 1. The van der Waals surface area contributed by atoms with E-state index in [0.717, 1.165) is 11.0 Å². The van der Waals surface area contributed by atoms with Gasteiger partial charge in [0.2, 0.25) is 0 Å². The molecule has 32 heavy (non-hydrogen) atoms.